The SMILES string of the molecule is Cl.Fc1c(F)c(F)c([C@@H](c2ccc(Cl)s2)N2CCNCC2)c(F)c1F. The average Bonchev–Trinajstić information content (AvgIpc) is 3.01. The Morgan fingerprint density at radius 2 is 1.44 bits per heavy atom. The van der Waals surface area contributed by atoms with Crippen LogP contribution in [0.3, 0.4) is 0 Å². The monoisotopic (exact) mass is 418 g/mol. The summed E-state index contributed by atoms with van der Waals surface area (Å²) in [5, 5.41) is 3.08. The van der Waals surface area contributed by atoms with Gasteiger partial charge in [0.25, 0.3) is 0 Å². The summed E-state index contributed by atoms with van der Waals surface area (Å²) >= 11 is 6.94. The van der Waals surface area contributed by atoms with Crippen molar-refractivity contribution in [2.45, 2.75) is 6.04 Å². The zero-order valence-corrected chi connectivity index (χ0v) is 15.0. The van der Waals surface area contributed by atoms with Crippen LogP contribution in [0.25, 0.3) is 0 Å². The normalized spacial score (nSPS) is 16.6. The van der Waals surface area contributed by atoms with E-state index in [9.17, 15) is 22.0 Å². The number of thiophene rings is 1. The highest BCUT2D eigenvalue weighted by Crippen LogP contribution is 2.39. The smallest absolute Gasteiger partial charge is 0.200 e. The van der Waals surface area contributed by atoms with E-state index in [2.05, 4.69) is 5.32 Å². The molecule has 1 saturated heterocycles. The third kappa shape index (κ3) is 3.78. The second-order valence-corrected chi connectivity index (χ2v) is 7.06. The fourth-order valence-corrected chi connectivity index (χ4v) is 3.99. The first-order valence-corrected chi connectivity index (χ1v) is 8.32. The highest BCUT2D eigenvalue weighted by atomic mass is 35.5. The van der Waals surface area contributed by atoms with Crippen LogP contribution in [0.2, 0.25) is 4.34 Å². The lowest BCUT2D eigenvalue weighted by Gasteiger charge is -2.35. The molecule has 2 heterocycles. The fourth-order valence-electron chi connectivity index (χ4n) is 2.78. The van der Waals surface area contributed by atoms with Gasteiger partial charge in [0.1, 0.15) is 0 Å². The van der Waals surface area contributed by atoms with Gasteiger partial charge >= 0.3 is 0 Å². The Hall–Kier alpha value is -0.930. The van der Waals surface area contributed by atoms with E-state index in [1.165, 1.54) is 12.1 Å². The highest BCUT2D eigenvalue weighted by molar-refractivity contribution is 7.16. The molecule has 25 heavy (non-hydrogen) atoms. The lowest BCUT2D eigenvalue weighted by molar-refractivity contribution is 0.190. The summed E-state index contributed by atoms with van der Waals surface area (Å²) < 4.78 is 69.6. The minimum atomic E-state index is -2.16. The van der Waals surface area contributed by atoms with Crippen molar-refractivity contribution >= 4 is 35.3 Å². The third-order valence-electron chi connectivity index (χ3n) is 3.90. The molecule has 138 valence electrons. The molecular formula is C15H13Cl2F5N2S. The van der Waals surface area contributed by atoms with Crippen LogP contribution >= 0.6 is 35.3 Å². The number of benzene rings is 1. The van der Waals surface area contributed by atoms with Gasteiger partial charge in [-0.25, -0.2) is 22.0 Å². The van der Waals surface area contributed by atoms with E-state index in [-0.39, 0.29) is 12.4 Å². The first kappa shape index (κ1) is 20.4. The van der Waals surface area contributed by atoms with E-state index < -0.39 is 40.7 Å². The number of nitrogens with one attached hydrogen (secondary N) is 1. The maximum atomic E-state index is 14.3. The highest BCUT2D eigenvalue weighted by Gasteiger charge is 2.35. The van der Waals surface area contributed by atoms with Gasteiger partial charge in [-0.05, 0) is 12.1 Å². The standard InChI is InChI=1S/C15H12ClF5N2S.ClH/c16-8-2-1-7(24-8)15(23-5-3-22-4-6-23)9-10(17)12(19)14(21)13(20)11(9)18;/h1-2,15,22H,3-6H2;1H/t15-;/m1./s1. The molecular weight excluding hydrogens is 406 g/mol. The van der Waals surface area contributed by atoms with Crippen molar-refractivity contribution in [3.05, 3.63) is 56.0 Å². The molecule has 1 aliphatic rings. The molecule has 2 aromatic rings. The number of halogens is 7. The summed E-state index contributed by atoms with van der Waals surface area (Å²) in [5.41, 5.74) is -0.841. The molecule has 1 N–H and O–H groups in total. The quantitative estimate of drug-likeness (QED) is 0.448. The first-order chi connectivity index (χ1) is 11.4. The predicted octanol–water partition coefficient (Wildman–Crippen LogP) is 4.51. The van der Waals surface area contributed by atoms with Crippen LogP contribution in [0.4, 0.5) is 22.0 Å². The molecule has 10 heteroatoms. The Morgan fingerprint density at radius 1 is 0.920 bits per heavy atom. The van der Waals surface area contributed by atoms with E-state index in [0.29, 0.717) is 35.4 Å². The van der Waals surface area contributed by atoms with Crippen LogP contribution in [-0.2, 0) is 0 Å². The molecule has 0 radical (unpaired) electrons. The lowest BCUT2D eigenvalue weighted by atomic mass is 10.0. The van der Waals surface area contributed by atoms with Gasteiger partial charge < -0.3 is 5.32 Å². The van der Waals surface area contributed by atoms with Crippen molar-refractivity contribution in [1.29, 1.82) is 0 Å². The lowest BCUT2D eigenvalue weighted by Crippen LogP contribution is -2.45. The molecule has 0 unspecified atom stereocenters. The Kier molecular flexibility index (Phi) is 6.67. The van der Waals surface area contributed by atoms with E-state index in [4.69, 9.17) is 11.6 Å². The van der Waals surface area contributed by atoms with Crippen LogP contribution in [0, 0.1) is 29.1 Å². The van der Waals surface area contributed by atoms with Gasteiger partial charge in [-0.1, -0.05) is 11.6 Å². The van der Waals surface area contributed by atoms with Gasteiger partial charge in [0.05, 0.1) is 15.9 Å². The van der Waals surface area contributed by atoms with Gasteiger partial charge in [-0.15, -0.1) is 23.7 Å². The van der Waals surface area contributed by atoms with Crippen LogP contribution in [0.5, 0.6) is 0 Å². The molecule has 0 spiro atoms. The van der Waals surface area contributed by atoms with E-state index in [1.54, 1.807) is 4.90 Å². The Balaban J connectivity index is 0.00000225. The Labute approximate surface area is 156 Å². The van der Waals surface area contributed by atoms with E-state index in [1.807, 2.05) is 0 Å². The molecule has 3 rings (SSSR count). The minimum absolute atomic E-state index is 0. The van der Waals surface area contributed by atoms with Gasteiger partial charge in [-0.2, -0.15) is 0 Å². The topological polar surface area (TPSA) is 15.3 Å². The first-order valence-electron chi connectivity index (χ1n) is 7.13. The largest absolute Gasteiger partial charge is 0.314 e. The molecule has 0 aliphatic carbocycles. The van der Waals surface area contributed by atoms with Crippen molar-refractivity contribution < 1.29 is 22.0 Å². The molecule has 0 amide bonds. The average molecular weight is 419 g/mol. The maximum Gasteiger partial charge on any atom is 0.200 e. The Bertz CT molecular complexity index is 736. The summed E-state index contributed by atoms with van der Waals surface area (Å²) in [4.78, 5) is 2.10. The number of hydrogen-bond donors (Lipinski definition) is 1. The van der Waals surface area contributed by atoms with Crippen molar-refractivity contribution in [1.82, 2.24) is 10.2 Å². The molecule has 2 nitrogen and oxygen atoms in total. The van der Waals surface area contributed by atoms with Crippen LogP contribution in [0.1, 0.15) is 16.5 Å². The van der Waals surface area contributed by atoms with Crippen molar-refractivity contribution in [2.75, 3.05) is 26.2 Å². The summed E-state index contributed by atoms with van der Waals surface area (Å²) in [6.07, 6.45) is 0. The molecule has 1 aromatic carbocycles. The second-order valence-electron chi connectivity index (χ2n) is 5.31. The maximum absolute atomic E-state index is 14.3. The Morgan fingerprint density at radius 3 is 1.92 bits per heavy atom. The second kappa shape index (κ2) is 8.18. The number of hydrogen-bond acceptors (Lipinski definition) is 3. The van der Waals surface area contributed by atoms with Crippen LogP contribution in [-0.4, -0.2) is 31.1 Å². The van der Waals surface area contributed by atoms with Gasteiger partial charge in [0.2, 0.25) is 5.82 Å². The summed E-state index contributed by atoms with van der Waals surface area (Å²) in [5.74, 6) is -9.64. The van der Waals surface area contributed by atoms with E-state index >= 15 is 0 Å². The summed E-state index contributed by atoms with van der Waals surface area (Å²) in [6, 6.07) is 1.98. The van der Waals surface area contributed by atoms with Crippen molar-refractivity contribution in [3.8, 4) is 0 Å². The zero-order chi connectivity index (χ0) is 17.4. The van der Waals surface area contributed by atoms with Gasteiger partial charge in [0.15, 0.2) is 23.3 Å². The molecule has 0 saturated carbocycles. The molecule has 0 bridgehead atoms. The zero-order valence-electron chi connectivity index (χ0n) is 12.6. The molecule has 1 fully saturated rings. The number of piperazine rings is 1. The summed E-state index contributed by atoms with van der Waals surface area (Å²) in [6.45, 7) is 1.90. The van der Waals surface area contributed by atoms with Crippen molar-refractivity contribution in [3.63, 3.8) is 0 Å². The predicted molar refractivity (Wildman–Crippen MR) is 89.1 cm³/mol. The molecule has 1 aliphatic heterocycles. The summed E-state index contributed by atoms with van der Waals surface area (Å²) in [7, 11) is 0. The number of rotatable bonds is 3. The minimum Gasteiger partial charge on any atom is -0.314 e. The van der Waals surface area contributed by atoms with Gasteiger partial charge in [-0.3, -0.25) is 4.90 Å². The van der Waals surface area contributed by atoms with E-state index in [0.717, 1.165) is 11.3 Å². The van der Waals surface area contributed by atoms with Crippen LogP contribution < -0.4 is 5.32 Å². The number of nitrogens with zero attached hydrogens (tertiary/aromatic N) is 1. The van der Waals surface area contributed by atoms with Crippen molar-refractivity contribution in [2.24, 2.45) is 0 Å². The fraction of sp³-hybridized carbons (Fsp3) is 0.333. The van der Waals surface area contributed by atoms with Gasteiger partial charge in [0, 0.05) is 31.1 Å². The molecule has 1 atom stereocenters. The third-order valence-corrected chi connectivity index (χ3v) is 5.18. The molecule has 1 aromatic heterocycles. The van der Waals surface area contributed by atoms with Crippen LogP contribution in [0.15, 0.2) is 12.1 Å².